The van der Waals surface area contributed by atoms with Crippen molar-refractivity contribution in [1.29, 1.82) is 5.26 Å². The predicted molar refractivity (Wildman–Crippen MR) is 63.6 cm³/mol. The van der Waals surface area contributed by atoms with Crippen molar-refractivity contribution in [3.63, 3.8) is 0 Å². The molecule has 0 atom stereocenters. The fourth-order valence-electron chi connectivity index (χ4n) is 1.33. The van der Waals surface area contributed by atoms with E-state index in [-0.39, 0.29) is 5.75 Å². The summed E-state index contributed by atoms with van der Waals surface area (Å²) < 4.78 is 24.8. The van der Waals surface area contributed by atoms with E-state index in [0.717, 1.165) is 0 Å². The second-order valence-corrected chi connectivity index (χ2v) is 5.57. The fourth-order valence-corrected chi connectivity index (χ4v) is 2.55. The zero-order chi connectivity index (χ0) is 12.2. The Kier molecular flexibility index (Phi) is 3.91. The highest BCUT2D eigenvalue weighted by molar-refractivity contribution is 7.92. The number of anilines is 1. The van der Waals surface area contributed by atoms with Gasteiger partial charge in [0.05, 0.1) is 23.1 Å². The molecule has 0 bridgehead atoms. The largest absolute Gasteiger partial charge is 0.273 e. The molecule has 0 spiro atoms. The van der Waals surface area contributed by atoms with Gasteiger partial charge in [0.1, 0.15) is 0 Å². The van der Waals surface area contributed by atoms with Gasteiger partial charge < -0.3 is 0 Å². The third-order valence-electron chi connectivity index (χ3n) is 2.22. The number of nitrogens with zero attached hydrogens (tertiary/aromatic N) is 2. The van der Waals surface area contributed by atoms with E-state index in [9.17, 15) is 8.42 Å². The number of hydrogen-bond donors (Lipinski definition) is 0. The van der Waals surface area contributed by atoms with Crippen LogP contribution in [0.2, 0.25) is 0 Å². The number of benzene rings is 1. The van der Waals surface area contributed by atoms with Gasteiger partial charge in [0.25, 0.3) is 0 Å². The van der Waals surface area contributed by atoms with Crippen LogP contribution in [0.15, 0.2) is 24.3 Å². The van der Waals surface area contributed by atoms with Crippen LogP contribution in [0.5, 0.6) is 0 Å². The molecule has 0 heterocycles. The summed E-state index contributed by atoms with van der Waals surface area (Å²) in [5.74, 6) is 0.111. The first-order valence-corrected chi connectivity index (χ1v) is 6.59. The highest BCUT2D eigenvalue weighted by atomic mass is 32.2. The lowest BCUT2D eigenvalue weighted by molar-refractivity contribution is 0.593. The van der Waals surface area contributed by atoms with Crippen LogP contribution in [0.1, 0.15) is 18.9 Å². The molecule has 0 aliphatic rings. The molecule has 0 aliphatic heterocycles. The Labute approximate surface area is 96.2 Å². The fraction of sp³-hybridized carbons (Fsp3) is 0.364. The van der Waals surface area contributed by atoms with Gasteiger partial charge in [-0.2, -0.15) is 5.26 Å². The summed E-state index contributed by atoms with van der Waals surface area (Å²) in [4.78, 5) is 0. The van der Waals surface area contributed by atoms with Gasteiger partial charge in [-0.3, -0.25) is 4.31 Å². The molecule has 0 amide bonds. The molecular formula is C11H14N2O2S. The standard InChI is InChI=1S/C11H14N2O2S/c1-3-7-16(14,15)13(2)11-6-4-5-10(8-11)9-12/h4-6,8H,3,7H2,1-2H3. The lowest BCUT2D eigenvalue weighted by Gasteiger charge is -2.19. The van der Waals surface area contributed by atoms with Crippen molar-refractivity contribution in [2.45, 2.75) is 13.3 Å². The molecule has 86 valence electrons. The highest BCUT2D eigenvalue weighted by Gasteiger charge is 2.17. The first-order chi connectivity index (χ1) is 7.51. The minimum Gasteiger partial charge on any atom is -0.273 e. The third-order valence-corrected chi connectivity index (χ3v) is 4.19. The predicted octanol–water partition coefficient (Wildman–Crippen LogP) is 1.73. The van der Waals surface area contributed by atoms with Gasteiger partial charge in [0.15, 0.2) is 0 Å². The van der Waals surface area contributed by atoms with Crippen molar-refractivity contribution in [1.82, 2.24) is 0 Å². The number of nitriles is 1. The topological polar surface area (TPSA) is 61.2 Å². The van der Waals surface area contributed by atoms with E-state index in [1.54, 1.807) is 24.3 Å². The van der Waals surface area contributed by atoms with Crippen molar-refractivity contribution >= 4 is 15.7 Å². The van der Waals surface area contributed by atoms with Crippen LogP contribution in [-0.4, -0.2) is 21.2 Å². The first-order valence-electron chi connectivity index (χ1n) is 4.98. The number of hydrogen-bond acceptors (Lipinski definition) is 3. The molecule has 0 unspecified atom stereocenters. The molecule has 1 aromatic carbocycles. The summed E-state index contributed by atoms with van der Waals surface area (Å²) in [6, 6.07) is 8.54. The maximum atomic E-state index is 11.8. The summed E-state index contributed by atoms with van der Waals surface area (Å²) in [6.07, 6.45) is 0.574. The maximum absolute atomic E-state index is 11.8. The normalized spacial score (nSPS) is 10.8. The van der Waals surface area contributed by atoms with E-state index in [1.807, 2.05) is 13.0 Å². The van der Waals surface area contributed by atoms with Gasteiger partial charge in [-0.1, -0.05) is 13.0 Å². The van der Waals surface area contributed by atoms with Crippen LogP contribution in [0.3, 0.4) is 0 Å². The summed E-state index contributed by atoms with van der Waals surface area (Å²) in [7, 11) is -1.76. The molecule has 0 saturated carbocycles. The Morgan fingerprint density at radius 2 is 2.12 bits per heavy atom. The van der Waals surface area contributed by atoms with Crippen LogP contribution in [0.25, 0.3) is 0 Å². The van der Waals surface area contributed by atoms with E-state index >= 15 is 0 Å². The monoisotopic (exact) mass is 238 g/mol. The van der Waals surface area contributed by atoms with Crippen LogP contribution in [0, 0.1) is 11.3 Å². The van der Waals surface area contributed by atoms with E-state index in [0.29, 0.717) is 17.7 Å². The van der Waals surface area contributed by atoms with E-state index in [1.165, 1.54) is 11.4 Å². The molecule has 0 aliphatic carbocycles. The van der Waals surface area contributed by atoms with Gasteiger partial charge in [-0.15, -0.1) is 0 Å². The summed E-state index contributed by atoms with van der Waals surface area (Å²) in [6.45, 7) is 1.82. The Hall–Kier alpha value is -1.54. The molecule has 16 heavy (non-hydrogen) atoms. The van der Waals surface area contributed by atoms with Gasteiger partial charge in [-0.05, 0) is 24.6 Å². The van der Waals surface area contributed by atoms with Crippen molar-refractivity contribution in [3.05, 3.63) is 29.8 Å². The highest BCUT2D eigenvalue weighted by Crippen LogP contribution is 2.18. The van der Waals surface area contributed by atoms with Crippen molar-refractivity contribution < 1.29 is 8.42 Å². The average molecular weight is 238 g/mol. The van der Waals surface area contributed by atoms with Gasteiger partial charge >= 0.3 is 0 Å². The van der Waals surface area contributed by atoms with E-state index in [2.05, 4.69) is 0 Å². The zero-order valence-corrected chi connectivity index (χ0v) is 10.2. The molecule has 4 nitrogen and oxygen atoms in total. The summed E-state index contributed by atoms with van der Waals surface area (Å²) >= 11 is 0. The molecule has 0 aromatic heterocycles. The zero-order valence-electron chi connectivity index (χ0n) is 9.34. The van der Waals surface area contributed by atoms with Crippen molar-refractivity contribution in [3.8, 4) is 6.07 Å². The molecule has 1 rings (SSSR count). The van der Waals surface area contributed by atoms with Gasteiger partial charge in [0.2, 0.25) is 10.0 Å². The molecule has 5 heteroatoms. The Bertz CT molecular complexity index is 503. The SMILES string of the molecule is CCCS(=O)(=O)N(C)c1cccc(C#N)c1. The maximum Gasteiger partial charge on any atom is 0.234 e. The number of rotatable bonds is 4. The minimum absolute atomic E-state index is 0.111. The molecule has 0 saturated heterocycles. The molecule has 0 radical (unpaired) electrons. The molecule has 1 aromatic rings. The first kappa shape index (κ1) is 12.5. The van der Waals surface area contributed by atoms with E-state index < -0.39 is 10.0 Å². The van der Waals surface area contributed by atoms with Gasteiger partial charge in [-0.25, -0.2) is 8.42 Å². The van der Waals surface area contributed by atoms with Crippen LogP contribution in [-0.2, 0) is 10.0 Å². The molecular weight excluding hydrogens is 224 g/mol. The smallest absolute Gasteiger partial charge is 0.234 e. The van der Waals surface area contributed by atoms with Crippen LogP contribution >= 0.6 is 0 Å². The minimum atomic E-state index is -3.26. The lowest BCUT2D eigenvalue weighted by Crippen LogP contribution is -2.28. The Morgan fingerprint density at radius 3 is 2.69 bits per heavy atom. The van der Waals surface area contributed by atoms with Crippen LogP contribution < -0.4 is 4.31 Å². The average Bonchev–Trinajstić information content (AvgIpc) is 2.28. The van der Waals surface area contributed by atoms with Crippen molar-refractivity contribution in [2.75, 3.05) is 17.1 Å². The third kappa shape index (κ3) is 2.74. The second kappa shape index (κ2) is 4.99. The summed E-state index contributed by atoms with van der Waals surface area (Å²) in [5.41, 5.74) is 0.976. The quantitative estimate of drug-likeness (QED) is 0.802. The number of sulfonamides is 1. The van der Waals surface area contributed by atoms with E-state index in [4.69, 9.17) is 5.26 Å². The summed E-state index contributed by atoms with van der Waals surface area (Å²) in [5, 5.41) is 8.73. The molecule has 0 fully saturated rings. The second-order valence-electron chi connectivity index (χ2n) is 3.45. The Balaban J connectivity index is 3.06. The van der Waals surface area contributed by atoms with Crippen LogP contribution in [0.4, 0.5) is 5.69 Å². The molecule has 0 N–H and O–H groups in total. The van der Waals surface area contributed by atoms with Gasteiger partial charge in [0, 0.05) is 7.05 Å². The van der Waals surface area contributed by atoms with Crippen molar-refractivity contribution in [2.24, 2.45) is 0 Å². The Morgan fingerprint density at radius 1 is 1.44 bits per heavy atom. The lowest BCUT2D eigenvalue weighted by atomic mass is 10.2.